The van der Waals surface area contributed by atoms with E-state index >= 15 is 0 Å². The van der Waals surface area contributed by atoms with E-state index in [1.165, 1.54) is 20.8 Å². The first-order valence-corrected chi connectivity index (χ1v) is 12.8. The van der Waals surface area contributed by atoms with Crippen LogP contribution in [0.15, 0.2) is 60.8 Å². The van der Waals surface area contributed by atoms with Crippen molar-refractivity contribution in [3.63, 3.8) is 0 Å². The number of aliphatic hydroxyl groups excluding tert-OH is 1. The number of fused-ring (bicyclic) bond motifs is 1. The molecule has 7 heteroatoms. The number of aliphatic hydroxyl groups is 1. The number of ether oxygens (including phenoxy) is 1. The predicted molar refractivity (Wildman–Crippen MR) is 130 cm³/mol. The van der Waals surface area contributed by atoms with Gasteiger partial charge in [-0.1, -0.05) is 0 Å². The average Bonchev–Trinajstić information content (AvgIpc) is 3.18. The SMILES string of the molecule is CCCC[IH]c1ccccc1Oc1ncccc1Nc1nc2ccc(CO)cc2[nH]1. The Kier molecular flexibility index (Phi) is 6.81. The van der Waals surface area contributed by atoms with Crippen LogP contribution >= 0.6 is 21.2 Å². The van der Waals surface area contributed by atoms with Gasteiger partial charge in [0.2, 0.25) is 0 Å². The van der Waals surface area contributed by atoms with Crippen molar-refractivity contribution in [2.24, 2.45) is 0 Å². The summed E-state index contributed by atoms with van der Waals surface area (Å²) in [6, 6.07) is 17.7. The third-order valence-electron chi connectivity index (χ3n) is 4.56. The Labute approximate surface area is 186 Å². The zero-order valence-corrected chi connectivity index (χ0v) is 19.1. The van der Waals surface area contributed by atoms with E-state index in [9.17, 15) is 5.11 Å². The Bertz CT molecular complexity index is 1130. The number of unbranched alkanes of at least 4 members (excludes halogenated alkanes) is 1. The fourth-order valence-electron chi connectivity index (χ4n) is 2.99. The molecule has 4 rings (SSSR count). The Morgan fingerprint density at radius 1 is 1.13 bits per heavy atom. The number of rotatable bonds is 9. The van der Waals surface area contributed by atoms with Gasteiger partial charge in [-0.05, 0) is 0 Å². The van der Waals surface area contributed by atoms with Crippen molar-refractivity contribution < 1.29 is 9.84 Å². The van der Waals surface area contributed by atoms with Crippen molar-refractivity contribution >= 4 is 43.9 Å². The van der Waals surface area contributed by atoms with Gasteiger partial charge in [-0.15, -0.1) is 0 Å². The van der Waals surface area contributed by atoms with Crippen LogP contribution in [0.2, 0.25) is 0 Å². The van der Waals surface area contributed by atoms with Crippen molar-refractivity contribution in [2.75, 3.05) is 9.74 Å². The van der Waals surface area contributed by atoms with E-state index in [1.54, 1.807) is 6.20 Å². The molecule has 0 aliphatic rings. The monoisotopic (exact) mass is 516 g/mol. The molecule has 2 heterocycles. The fourth-order valence-corrected chi connectivity index (χ4v) is 6.08. The topological polar surface area (TPSA) is 83.1 Å². The zero-order valence-electron chi connectivity index (χ0n) is 16.8. The van der Waals surface area contributed by atoms with Crippen molar-refractivity contribution in [1.82, 2.24) is 15.0 Å². The molecular formula is C23H25IN4O2. The Morgan fingerprint density at radius 2 is 2.03 bits per heavy atom. The second kappa shape index (κ2) is 9.90. The van der Waals surface area contributed by atoms with Crippen LogP contribution in [-0.2, 0) is 6.61 Å². The predicted octanol–water partition coefficient (Wildman–Crippen LogP) is 5.66. The summed E-state index contributed by atoms with van der Waals surface area (Å²) in [5.41, 5.74) is 3.27. The number of imidazole rings is 1. The normalized spacial score (nSPS) is 11.1. The van der Waals surface area contributed by atoms with E-state index in [0.29, 0.717) is 11.8 Å². The van der Waals surface area contributed by atoms with Gasteiger partial charge in [0.05, 0.1) is 0 Å². The second-order valence-electron chi connectivity index (χ2n) is 6.83. The Morgan fingerprint density at radius 3 is 2.90 bits per heavy atom. The number of halogens is 1. The molecule has 156 valence electrons. The molecule has 0 aliphatic heterocycles. The van der Waals surface area contributed by atoms with Crippen molar-refractivity contribution in [2.45, 2.75) is 26.4 Å². The summed E-state index contributed by atoms with van der Waals surface area (Å²) in [4.78, 5) is 12.3. The maximum atomic E-state index is 9.33. The van der Waals surface area contributed by atoms with Gasteiger partial charge >= 0.3 is 181 Å². The molecule has 3 N–H and O–H groups in total. The number of hydrogen-bond acceptors (Lipinski definition) is 5. The molecule has 0 atom stereocenters. The quantitative estimate of drug-likeness (QED) is 0.152. The molecule has 4 aromatic rings. The number of alkyl halides is 1. The minimum atomic E-state index is -0.285. The molecule has 6 nitrogen and oxygen atoms in total. The molecule has 0 aliphatic carbocycles. The van der Waals surface area contributed by atoms with Crippen LogP contribution in [0.3, 0.4) is 0 Å². The minimum absolute atomic E-state index is 0.000911. The molecule has 2 aromatic carbocycles. The van der Waals surface area contributed by atoms with Crippen LogP contribution in [0.25, 0.3) is 11.0 Å². The summed E-state index contributed by atoms with van der Waals surface area (Å²) in [6.45, 7) is 2.23. The number of hydrogen-bond donors (Lipinski definition) is 3. The first kappa shape index (κ1) is 20.6. The molecule has 0 saturated heterocycles. The van der Waals surface area contributed by atoms with Crippen LogP contribution < -0.4 is 10.1 Å². The molecule has 0 saturated carbocycles. The van der Waals surface area contributed by atoms with Crippen LogP contribution in [0.1, 0.15) is 25.3 Å². The van der Waals surface area contributed by atoms with Crippen LogP contribution in [0, 0.1) is 3.57 Å². The van der Waals surface area contributed by atoms with Gasteiger partial charge in [0.25, 0.3) is 0 Å². The van der Waals surface area contributed by atoms with Gasteiger partial charge in [-0.25, -0.2) is 0 Å². The number of nitrogens with one attached hydrogen (secondary N) is 2. The first-order valence-electron chi connectivity index (χ1n) is 9.98. The summed E-state index contributed by atoms with van der Waals surface area (Å²) in [5.74, 6) is 2.00. The van der Waals surface area contributed by atoms with Gasteiger partial charge in [-0.3, -0.25) is 0 Å². The zero-order chi connectivity index (χ0) is 20.8. The maximum absolute atomic E-state index is 9.33. The van der Waals surface area contributed by atoms with Gasteiger partial charge in [0.15, 0.2) is 0 Å². The van der Waals surface area contributed by atoms with Crippen molar-refractivity contribution in [3.05, 3.63) is 69.9 Å². The molecule has 0 spiro atoms. The number of nitrogens with zero attached hydrogens (tertiary/aromatic N) is 2. The van der Waals surface area contributed by atoms with Gasteiger partial charge in [0.1, 0.15) is 0 Å². The summed E-state index contributed by atoms with van der Waals surface area (Å²) >= 11 is -0.285. The van der Waals surface area contributed by atoms with E-state index in [1.807, 2.05) is 42.5 Å². The standard InChI is InChI=1S/C23H25IN4O2/c1-2-3-12-24-17-7-4-5-9-21(17)30-22-19(8-6-13-25-22)27-23-26-18-11-10-16(15-29)14-20(18)28-23/h4-11,13-14,24,29H,2-3,12,15H2,1H3,(H2,26,27,28). The molecule has 0 fully saturated rings. The number of anilines is 2. The number of aromatic amines is 1. The molecule has 0 unspecified atom stereocenters. The number of aromatic nitrogens is 3. The molecular weight excluding hydrogens is 491 g/mol. The van der Waals surface area contributed by atoms with E-state index in [-0.39, 0.29) is 27.8 Å². The van der Waals surface area contributed by atoms with Crippen molar-refractivity contribution in [1.29, 1.82) is 0 Å². The van der Waals surface area contributed by atoms with E-state index in [4.69, 9.17) is 4.74 Å². The molecule has 0 amide bonds. The van der Waals surface area contributed by atoms with Crippen LogP contribution in [-0.4, -0.2) is 24.5 Å². The Balaban J connectivity index is 1.56. The molecule has 2 aromatic heterocycles. The number of H-pyrrole nitrogens is 1. The summed E-state index contributed by atoms with van der Waals surface area (Å²) in [6.07, 6.45) is 4.21. The third-order valence-corrected chi connectivity index (χ3v) is 7.82. The summed E-state index contributed by atoms with van der Waals surface area (Å²) < 4.78 is 8.82. The second-order valence-corrected chi connectivity index (χ2v) is 10.1. The van der Waals surface area contributed by atoms with Crippen molar-refractivity contribution in [3.8, 4) is 11.6 Å². The first-order chi connectivity index (χ1) is 14.8. The van der Waals surface area contributed by atoms with E-state index in [2.05, 4.69) is 39.3 Å². The average molecular weight is 516 g/mol. The Hall–Kier alpha value is -2.65. The molecule has 0 bridgehead atoms. The molecule has 0 radical (unpaired) electrons. The number of pyridine rings is 1. The summed E-state index contributed by atoms with van der Waals surface area (Å²) in [5, 5.41) is 12.6. The van der Waals surface area contributed by atoms with Gasteiger partial charge in [0, 0.05) is 0 Å². The van der Waals surface area contributed by atoms with E-state index in [0.717, 1.165) is 28.0 Å². The number of benzene rings is 2. The van der Waals surface area contributed by atoms with Gasteiger partial charge < -0.3 is 5.11 Å². The fraction of sp³-hybridized carbons (Fsp3) is 0.217. The molecule has 30 heavy (non-hydrogen) atoms. The van der Waals surface area contributed by atoms with Crippen LogP contribution in [0.4, 0.5) is 11.6 Å². The summed E-state index contributed by atoms with van der Waals surface area (Å²) in [7, 11) is 0. The third kappa shape index (κ3) is 4.91. The van der Waals surface area contributed by atoms with Gasteiger partial charge in [-0.2, -0.15) is 0 Å². The van der Waals surface area contributed by atoms with E-state index < -0.39 is 0 Å². The number of para-hydroxylation sites is 1. The van der Waals surface area contributed by atoms with Crippen LogP contribution in [0.5, 0.6) is 11.6 Å².